The number of nitrogens with one attached hydrogen (secondary N) is 1. The lowest BCUT2D eigenvalue weighted by atomic mass is 9.96. The highest BCUT2D eigenvalue weighted by molar-refractivity contribution is 6.04. The number of carbonyl (C=O) groups is 3. The van der Waals surface area contributed by atoms with E-state index in [1.807, 2.05) is 36.1 Å². The number of primary amides is 1. The lowest BCUT2D eigenvalue weighted by Crippen LogP contribution is -2.56. The first-order valence-electron chi connectivity index (χ1n) is 10.5. The molecule has 0 aliphatic carbocycles. The Hall–Kier alpha value is -2.94. The lowest BCUT2D eigenvalue weighted by molar-refractivity contribution is -0.139. The Balaban J connectivity index is 1.32. The van der Waals surface area contributed by atoms with Gasteiger partial charge in [-0.25, -0.2) is 0 Å². The van der Waals surface area contributed by atoms with Crippen molar-refractivity contribution in [1.29, 1.82) is 0 Å². The van der Waals surface area contributed by atoms with Crippen LogP contribution in [-0.2, 0) is 9.59 Å². The van der Waals surface area contributed by atoms with E-state index in [9.17, 15) is 14.4 Å². The van der Waals surface area contributed by atoms with E-state index in [0.29, 0.717) is 57.8 Å². The first kappa shape index (κ1) is 20.3. The van der Waals surface area contributed by atoms with E-state index in [1.165, 1.54) is 0 Å². The van der Waals surface area contributed by atoms with Gasteiger partial charge in [0.15, 0.2) is 5.69 Å². The Morgan fingerprint density at radius 2 is 1.70 bits per heavy atom. The zero-order valence-electron chi connectivity index (χ0n) is 17.2. The number of fused-ring (bicyclic) bond motifs is 1. The van der Waals surface area contributed by atoms with E-state index in [2.05, 4.69) is 15.1 Å². The van der Waals surface area contributed by atoms with E-state index < -0.39 is 0 Å². The summed E-state index contributed by atoms with van der Waals surface area (Å²) in [6.45, 7) is 5.45. The maximum Gasteiger partial charge on any atom is 0.275 e. The van der Waals surface area contributed by atoms with Crippen LogP contribution in [0, 0.1) is 5.92 Å². The van der Waals surface area contributed by atoms with Gasteiger partial charge in [0.1, 0.15) is 0 Å². The molecular weight excluding hydrogens is 384 g/mol. The van der Waals surface area contributed by atoms with Crippen molar-refractivity contribution in [3.8, 4) is 0 Å². The Morgan fingerprint density at radius 3 is 2.37 bits per heavy atom. The molecular formula is C21H28N6O3. The second-order valence-corrected chi connectivity index (χ2v) is 8.12. The largest absolute Gasteiger partial charge is 0.369 e. The Bertz CT molecular complexity index is 941. The molecule has 1 unspecified atom stereocenters. The molecule has 4 rings (SSSR count). The summed E-state index contributed by atoms with van der Waals surface area (Å²) in [5.74, 6) is -0.409. The molecule has 3 amide bonds. The van der Waals surface area contributed by atoms with E-state index in [1.54, 1.807) is 4.90 Å². The Labute approximate surface area is 175 Å². The normalized spacial score (nSPS) is 19.8. The summed E-state index contributed by atoms with van der Waals surface area (Å²) in [4.78, 5) is 42.9. The number of para-hydroxylation sites is 1. The van der Waals surface area contributed by atoms with Gasteiger partial charge < -0.3 is 15.5 Å². The molecule has 3 N–H and O–H groups in total. The van der Waals surface area contributed by atoms with Crippen molar-refractivity contribution < 1.29 is 14.4 Å². The van der Waals surface area contributed by atoms with Gasteiger partial charge in [-0.15, -0.1) is 0 Å². The van der Waals surface area contributed by atoms with Crippen LogP contribution in [0.3, 0.4) is 0 Å². The van der Waals surface area contributed by atoms with Crippen LogP contribution in [0.4, 0.5) is 0 Å². The van der Waals surface area contributed by atoms with Gasteiger partial charge in [0, 0.05) is 50.6 Å². The van der Waals surface area contributed by atoms with Gasteiger partial charge in [0.25, 0.3) is 5.91 Å². The van der Waals surface area contributed by atoms with Gasteiger partial charge >= 0.3 is 0 Å². The summed E-state index contributed by atoms with van der Waals surface area (Å²) in [6, 6.07) is 7.34. The molecule has 1 atom stereocenters. The quantitative estimate of drug-likeness (QED) is 0.756. The highest BCUT2D eigenvalue weighted by Crippen LogP contribution is 2.20. The number of hydrogen-bond donors (Lipinski definition) is 2. The number of H-pyrrole nitrogens is 1. The van der Waals surface area contributed by atoms with Crippen LogP contribution in [0.25, 0.3) is 10.9 Å². The van der Waals surface area contributed by atoms with E-state index in [-0.39, 0.29) is 29.7 Å². The molecule has 0 bridgehead atoms. The fourth-order valence-electron chi connectivity index (χ4n) is 4.39. The van der Waals surface area contributed by atoms with Crippen LogP contribution in [0.15, 0.2) is 24.3 Å². The number of piperidine rings is 1. The summed E-state index contributed by atoms with van der Waals surface area (Å²) in [5, 5.41) is 7.95. The molecule has 2 aliphatic rings. The van der Waals surface area contributed by atoms with E-state index in [0.717, 1.165) is 10.9 Å². The molecule has 0 saturated carbocycles. The van der Waals surface area contributed by atoms with Crippen LogP contribution in [-0.4, -0.2) is 87.9 Å². The van der Waals surface area contributed by atoms with Crippen molar-refractivity contribution in [2.24, 2.45) is 11.7 Å². The highest BCUT2D eigenvalue weighted by Gasteiger charge is 2.33. The predicted octanol–water partition coefficient (Wildman–Crippen LogP) is 0.433. The summed E-state index contributed by atoms with van der Waals surface area (Å²) >= 11 is 0. The van der Waals surface area contributed by atoms with Crippen LogP contribution in [0.2, 0.25) is 0 Å². The minimum Gasteiger partial charge on any atom is -0.369 e. The number of hydrogen-bond acceptors (Lipinski definition) is 5. The van der Waals surface area contributed by atoms with Crippen molar-refractivity contribution in [2.75, 3.05) is 39.3 Å². The van der Waals surface area contributed by atoms with Gasteiger partial charge in [0.05, 0.1) is 11.6 Å². The van der Waals surface area contributed by atoms with Gasteiger partial charge in [-0.2, -0.15) is 5.10 Å². The molecule has 1 aromatic heterocycles. The fourth-order valence-corrected chi connectivity index (χ4v) is 4.39. The molecule has 2 aliphatic heterocycles. The monoisotopic (exact) mass is 412 g/mol. The third-order valence-corrected chi connectivity index (χ3v) is 6.39. The zero-order valence-corrected chi connectivity index (χ0v) is 17.2. The van der Waals surface area contributed by atoms with Crippen molar-refractivity contribution in [2.45, 2.75) is 25.8 Å². The summed E-state index contributed by atoms with van der Waals surface area (Å²) < 4.78 is 0. The molecule has 3 heterocycles. The number of carbonyl (C=O) groups excluding carboxylic acids is 3. The molecule has 1 aromatic carbocycles. The minimum atomic E-state index is -0.277. The number of benzene rings is 1. The van der Waals surface area contributed by atoms with Gasteiger partial charge in [-0.05, 0) is 25.8 Å². The molecule has 0 spiro atoms. The molecule has 30 heavy (non-hydrogen) atoms. The van der Waals surface area contributed by atoms with Gasteiger partial charge in [-0.1, -0.05) is 18.2 Å². The second kappa shape index (κ2) is 8.43. The first-order valence-corrected chi connectivity index (χ1v) is 10.5. The maximum atomic E-state index is 12.9. The van der Waals surface area contributed by atoms with Crippen LogP contribution in [0.5, 0.6) is 0 Å². The van der Waals surface area contributed by atoms with E-state index in [4.69, 9.17) is 5.73 Å². The number of nitrogens with zero attached hydrogens (tertiary/aromatic N) is 4. The van der Waals surface area contributed by atoms with Crippen LogP contribution < -0.4 is 5.73 Å². The van der Waals surface area contributed by atoms with Gasteiger partial charge in [-0.3, -0.25) is 24.4 Å². The van der Waals surface area contributed by atoms with E-state index >= 15 is 0 Å². The predicted molar refractivity (Wildman–Crippen MR) is 112 cm³/mol. The number of aromatic amines is 1. The highest BCUT2D eigenvalue weighted by atomic mass is 16.2. The number of amides is 3. The first-order chi connectivity index (χ1) is 14.5. The average molecular weight is 412 g/mol. The second-order valence-electron chi connectivity index (χ2n) is 8.12. The topological polar surface area (TPSA) is 116 Å². The van der Waals surface area contributed by atoms with Crippen LogP contribution >= 0.6 is 0 Å². The number of rotatable bonds is 4. The third-order valence-electron chi connectivity index (χ3n) is 6.39. The minimum absolute atomic E-state index is 0.0796. The molecule has 0 radical (unpaired) electrons. The fraction of sp³-hybridized carbons (Fsp3) is 0.524. The smallest absolute Gasteiger partial charge is 0.275 e. The average Bonchev–Trinajstić information content (AvgIpc) is 3.22. The number of aromatic nitrogens is 2. The van der Waals surface area contributed by atoms with Crippen molar-refractivity contribution in [3.05, 3.63) is 30.0 Å². The number of piperazine rings is 1. The van der Waals surface area contributed by atoms with Crippen molar-refractivity contribution >= 4 is 28.6 Å². The Morgan fingerprint density at radius 1 is 1.03 bits per heavy atom. The molecule has 2 saturated heterocycles. The summed E-state index contributed by atoms with van der Waals surface area (Å²) in [5.41, 5.74) is 6.67. The summed E-state index contributed by atoms with van der Waals surface area (Å²) in [6.07, 6.45) is 1.27. The summed E-state index contributed by atoms with van der Waals surface area (Å²) in [7, 11) is 0. The molecule has 2 aromatic rings. The maximum absolute atomic E-state index is 12.9. The number of nitrogens with two attached hydrogens (primary N) is 1. The third kappa shape index (κ3) is 3.89. The zero-order chi connectivity index (χ0) is 21.3. The lowest BCUT2D eigenvalue weighted by Gasteiger charge is -2.40. The number of likely N-dealkylation sites (tertiary alicyclic amines) is 1. The van der Waals surface area contributed by atoms with Crippen LogP contribution in [0.1, 0.15) is 30.3 Å². The molecule has 2 fully saturated rings. The SMILES string of the molecule is CC(C(=O)N1CCC(C(N)=O)CC1)N1CCN(C(=O)c2n[nH]c3ccccc23)CC1. The molecule has 9 heteroatoms. The standard InChI is InChI=1S/C21H28N6O3/c1-14(20(29)26-8-6-15(7-9-26)19(22)28)25-10-12-27(13-11-25)21(30)18-16-4-2-3-5-17(16)23-24-18/h2-5,14-15H,6-13H2,1H3,(H2,22,28)(H,23,24). The van der Waals surface area contributed by atoms with Crippen molar-refractivity contribution in [1.82, 2.24) is 24.9 Å². The van der Waals surface area contributed by atoms with Gasteiger partial charge in [0.2, 0.25) is 11.8 Å². The molecule has 160 valence electrons. The molecule has 9 nitrogen and oxygen atoms in total. The van der Waals surface area contributed by atoms with Crippen molar-refractivity contribution in [3.63, 3.8) is 0 Å². The Kier molecular flexibility index (Phi) is 5.72.